The van der Waals surface area contributed by atoms with Gasteiger partial charge in [-0.2, -0.15) is 0 Å². The van der Waals surface area contributed by atoms with Gasteiger partial charge in [-0.1, -0.05) is 127 Å². The number of hydrogen-bond acceptors (Lipinski definition) is 1. The summed E-state index contributed by atoms with van der Waals surface area (Å²) < 4.78 is 2.42. The minimum absolute atomic E-state index is 1.12. The lowest BCUT2D eigenvalue weighted by molar-refractivity contribution is 1.20. The molecule has 8 aromatic carbocycles. The molecular weight excluding hydrogens is 556 g/mol. The van der Waals surface area contributed by atoms with Gasteiger partial charge in [0.05, 0.1) is 16.7 Å². The predicted molar refractivity (Wildman–Crippen MR) is 196 cm³/mol. The summed E-state index contributed by atoms with van der Waals surface area (Å²) in [4.78, 5) is 2.33. The van der Waals surface area contributed by atoms with Crippen LogP contribution in [0.3, 0.4) is 0 Å². The molecule has 0 N–H and O–H groups in total. The van der Waals surface area contributed by atoms with Crippen LogP contribution in [0.4, 0.5) is 17.1 Å². The molecule has 0 atom stereocenters. The normalized spacial score (nSPS) is 11.5. The monoisotopic (exact) mass is 586 g/mol. The van der Waals surface area contributed by atoms with Crippen LogP contribution in [0.5, 0.6) is 0 Å². The summed E-state index contributed by atoms with van der Waals surface area (Å²) >= 11 is 0. The summed E-state index contributed by atoms with van der Waals surface area (Å²) in [6, 6.07) is 65.6. The quantitative estimate of drug-likeness (QED) is 0.195. The molecule has 0 aliphatic heterocycles. The first kappa shape index (κ1) is 26.3. The van der Waals surface area contributed by atoms with Gasteiger partial charge in [0, 0.05) is 33.2 Å². The van der Waals surface area contributed by atoms with Crippen LogP contribution in [0, 0.1) is 0 Å². The van der Waals surface area contributed by atoms with Crippen molar-refractivity contribution in [3.63, 3.8) is 0 Å². The summed E-state index contributed by atoms with van der Waals surface area (Å²) in [6.07, 6.45) is 0. The van der Waals surface area contributed by atoms with Crippen LogP contribution < -0.4 is 4.90 Å². The number of hydrogen-bond donors (Lipinski definition) is 0. The highest BCUT2D eigenvalue weighted by Crippen LogP contribution is 2.40. The second-order valence-corrected chi connectivity index (χ2v) is 11.8. The number of rotatable bonds is 5. The molecule has 0 aliphatic rings. The summed E-state index contributed by atoms with van der Waals surface area (Å²) in [5.74, 6) is 0. The van der Waals surface area contributed by atoms with Gasteiger partial charge in [-0.05, 0) is 81.9 Å². The van der Waals surface area contributed by atoms with Crippen LogP contribution in [0.2, 0.25) is 0 Å². The van der Waals surface area contributed by atoms with Crippen molar-refractivity contribution in [3.05, 3.63) is 182 Å². The lowest BCUT2D eigenvalue weighted by Gasteiger charge is -2.26. The smallest absolute Gasteiger partial charge is 0.0541 e. The van der Waals surface area contributed by atoms with E-state index in [0.717, 1.165) is 17.1 Å². The Morgan fingerprint density at radius 2 is 0.913 bits per heavy atom. The molecule has 0 aliphatic carbocycles. The van der Waals surface area contributed by atoms with Gasteiger partial charge in [0.25, 0.3) is 0 Å². The van der Waals surface area contributed by atoms with Crippen molar-refractivity contribution in [1.29, 1.82) is 0 Å². The number of anilines is 3. The average molecular weight is 587 g/mol. The molecule has 2 heteroatoms. The molecule has 1 heterocycles. The van der Waals surface area contributed by atoms with Gasteiger partial charge in [-0.3, -0.25) is 0 Å². The fourth-order valence-electron chi connectivity index (χ4n) is 7.05. The Bertz CT molecular complexity index is 2470. The average Bonchev–Trinajstić information content (AvgIpc) is 3.46. The van der Waals surface area contributed by atoms with E-state index >= 15 is 0 Å². The Hall–Kier alpha value is -6.12. The van der Waals surface area contributed by atoms with Crippen molar-refractivity contribution in [2.75, 3.05) is 4.90 Å². The third-order valence-electron chi connectivity index (χ3n) is 9.16. The predicted octanol–water partition coefficient (Wildman–Crippen LogP) is 12.2. The SMILES string of the molecule is c1ccc(N(c2ccc(-c3cccc4c(-n5c6ccccc6c6ccccc65)cccc34)cc2)c2ccc3ccccc3c2)cc1. The lowest BCUT2D eigenvalue weighted by Crippen LogP contribution is -2.09. The number of para-hydroxylation sites is 3. The van der Waals surface area contributed by atoms with Crippen LogP contribution in [-0.4, -0.2) is 4.57 Å². The highest BCUT2D eigenvalue weighted by Gasteiger charge is 2.16. The zero-order valence-electron chi connectivity index (χ0n) is 25.2. The maximum atomic E-state index is 2.42. The van der Waals surface area contributed by atoms with Crippen molar-refractivity contribution in [3.8, 4) is 16.8 Å². The molecule has 46 heavy (non-hydrogen) atoms. The Morgan fingerprint density at radius 1 is 0.348 bits per heavy atom. The molecule has 0 unspecified atom stereocenters. The molecule has 0 saturated heterocycles. The fourth-order valence-corrected chi connectivity index (χ4v) is 7.05. The molecule has 0 amide bonds. The maximum Gasteiger partial charge on any atom is 0.0541 e. The van der Waals surface area contributed by atoms with Crippen molar-refractivity contribution in [2.24, 2.45) is 0 Å². The van der Waals surface area contributed by atoms with Crippen LogP contribution in [-0.2, 0) is 0 Å². The molecule has 9 aromatic rings. The van der Waals surface area contributed by atoms with Crippen LogP contribution in [0.1, 0.15) is 0 Å². The second-order valence-electron chi connectivity index (χ2n) is 11.8. The molecule has 0 bridgehead atoms. The van der Waals surface area contributed by atoms with Crippen LogP contribution in [0.25, 0.3) is 60.2 Å². The Morgan fingerprint density at radius 3 is 1.67 bits per heavy atom. The third kappa shape index (κ3) is 4.27. The molecule has 0 radical (unpaired) electrons. The first-order chi connectivity index (χ1) is 22.8. The third-order valence-corrected chi connectivity index (χ3v) is 9.16. The van der Waals surface area contributed by atoms with Gasteiger partial charge in [0.15, 0.2) is 0 Å². The van der Waals surface area contributed by atoms with Gasteiger partial charge < -0.3 is 9.47 Å². The van der Waals surface area contributed by atoms with E-state index in [9.17, 15) is 0 Å². The first-order valence-electron chi connectivity index (χ1n) is 15.8. The van der Waals surface area contributed by atoms with E-state index in [2.05, 4.69) is 191 Å². The van der Waals surface area contributed by atoms with E-state index in [0.29, 0.717) is 0 Å². The number of nitrogens with zero attached hydrogens (tertiary/aromatic N) is 2. The zero-order chi connectivity index (χ0) is 30.5. The minimum Gasteiger partial charge on any atom is -0.310 e. The van der Waals surface area contributed by atoms with Gasteiger partial charge >= 0.3 is 0 Å². The van der Waals surface area contributed by atoms with Crippen LogP contribution in [0.15, 0.2) is 182 Å². The summed E-state index contributed by atoms with van der Waals surface area (Å²) in [7, 11) is 0. The van der Waals surface area contributed by atoms with Crippen molar-refractivity contribution in [2.45, 2.75) is 0 Å². The molecule has 1 aromatic heterocycles. The molecule has 0 spiro atoms. The zero-order valence-corrected chi connectivity index (χ0v) is 25.2. The molecule has 2 nitrogen and oxygen atoms in total. The van der Waals surface area contributed by atoms with Crippen molar-refractivity contribution >= 4 is 60.4 Å². The molecular formula is C44H30N2. The highest BCUT2D eigenvalue weighted by atomic mass is 15.1. The standard InChI is InChI=1S/C44H30N2/c1-2-14-34(15-3-1)45(36-29-24-31-12-4-5-13-33(31)30-36)35-27-25-32(26-28-35)37-18-10-20-39-38(37)19-11-23-44(39)46-42-21-8-6-16-40(42)41-17-7-9-22-43(41)46/h1-30H. The number of benzene rings is 8. The molecule has 216 valence electrons. The van der Waals surface area contributed by atoms with E-state index in [-0.39, 0.29) is 0 Å². The lowest BCUT2D eigenvalue weighted by atomic mass is 9.97. The first-order valence-corrected chi connectivity index (χ1v) is 15.8. The van der Waals surface area contributed by atoms with Gasteiger partial charge in [0.1, 0.15) is 0 Å². The topological polar surface area (TPSA) is 8.17 Å². The Kier molecular flexibility index (Phi) is 6.17. The van der Waals surface area contributed by atoms with Crippen molar-refractivity contribution in [1.82, 2.24) is 4.57 Å². The second kappa shape index (κ2) is 10.8. The van der Waals surface area contributed by atoms with E-state index in [1.807, 2.05) is 0 Å². The van der Waals surface area contributed by atoms with Gasteiger partial charge in [-0.25, -0.2) is 0 Å². The summed E-state index contributed by atoms with van der Waals surface area (Å²) in [5, 5.41) is 7.49. The maximum absolute atomic E-state index is 2.42. The van der Waals surface area contributed by atoms with Gasteiger partial charge in [-0.15, -0.1) is 0 Å². The van der Waals surface area contributed by atoms with E-state index in [1.54, 1.807) is 0 Å². The molecule has 0 saturated carbocycles. The highest BCUT2D eigenvalue weighted by molar-refractivity contribution is 6.11. The van der Waals surface area contributed by atoms with Crippen LogP contribution >= 0.6 is 0 Å². The summed E-state index contributed by atoms with van der Waals surface area (Å²) in [6.45, 7) is 0. The molecule has 9 rings (SSSR count). The largest absolute Gasteiger partial charge is 0.310 e. The Balaban J connectivity index is 1.17. The Labute approximate surface area is 268 Å². The van der Waals surface area contributed by atoms with E-state index in [4.69, 9.17) is 0 Å². The fraction of sp³-hybridized carbons (Fsp3) is 0. The number of aromatic nitrogens is 1. The van der Waals surface area contributed by atoms with E-state index in [1.165, 1.54) is 60.2 Å². The molecule has 0 fully saturated rings. The van der Waals surface area contributed by atoms with E-state index < -0.39 is 0 Å². The number of fused-ring (bicyclic) bond motifs is 5. The van der Waals surface area contributed by atoms with Crippen molar-refractivity contribution < 1.29 is 0 Å². The summed E-state index contributed by atoms with van der Waals surface area (Å²) in [5.41, 5.74) is 9.45. The minimum atomic E-state index is 1.12. The van der Waals surface area contributed by atoms with Gasteiger partial charge in [0.2, 0.25) is 0 Å².